The maximum absolute atomic E-state index is 12.6. The van der Waals surface area contributed by atoms with E-state index in [-0.39, 0.29) is 34.9 Å². The van der Waals surface area contributed by atoms with Gasteiger partial charge in [-0.2, -0.15) is 0 Å². The number of carboxylic acids is 1. The average Bonchev–Trinajstić information content (AvgIpc) is 3.08. The van der Waals surface area contributed by atoms with Gasteiger partial charge in [0.25, 0.3) is 0 Å². The Morgan fingerprint density at radius 3 is 2.43 bits per heavy atom. The number of hydrogen-bond donors (Lipinski definition) is 2. The summed E-state index contributed by atoms with van der Waals surface area (Å²) >= 11 is 0. The molecule has 3 saturated carbocycles. The Kier molecular flexibility index (Phi) is 7.15. The Bertz CT molecular complexity index is 1080. The summed E-state index contributed by atoms with van der Waals surface area (Å²) in [5, 5.41) is 22.2. The number of fused-ring (bicyclic) bond motifs is 5. The molecule has 0 radical (unpaired) electrons. The Morgan fingerprint density at radius 1 is 1.16 bits per heavy atom. The van der Waals surface area contributed by atoms with E-state index in [1.54, 1.807) is 6.08 Å². The maximum atomic E-state index is 12.6. The number of ether oxygens (including phenoxy) is 1. The number of allylic oxidation sites excluding steroid dienone is 4. The number of carboxylic acid groups (broad SMARTS) is 1. The molecule has 37 heavy (non-hydrogen) atoms. The molecular formula is C31H44O6. The first-order valence-corrected chi connectivity index (χ1v) is 13.9. The standard InChI is InChI=1S/C31H44O6/c1-17(2)9-8-10-20(28(35)36)27-21-11-12-25-29(5)14-13-23(33)18(3)22(29)15-26(34)31(25,7)30(21,6)16-24(27)37-19(4)32/h9,13-14,18,21-22,24-26,34H,8,10-12,15-16H2,1-7H3,(H,35,36)/b27-20-/t18-,21-,22-,24-,25-,26+,29-,30-,31+/m0/s1. The second-order valence-corrected chi connectivity index (χ2v) is 13.0. The monoisotopic (exact) mass is 512 g/mol. The van der Waals surface area contributed by atoms with Gasteiger partial charge in [0.1, 0.15) is 6.10 Å². The van der Waals surface area contributed by atoms with Crippen molar-refractivity contribution in [2.45, 2.75) is 99.2 Å². The molecule has 0 bridgehead atoms. The summed E-state index contributed by atoms with van der Waals surface area (Å²) in [6.07, 6.45) is 8.24. The van der Waals surface area contributed by atoms with E-state index in [2.05, 4.69) is 26.8 Å². The maximum Gasteiger partial charge on any atom is 0.331 e. The highest BCUT2D eigenvalue weighted by molar-refractivity contribution is 5.93. The largest absolute Gasteiger partial charge is 0.478 e. The fraction of sp³-hybridized carbons (Fsp3) is 0.710. The first kappa shape index (κ1) is 27.8. The van der Waals surface area contributed by atoms with E-state index in [0.29, 0.717) is 31.3 Å². The van der Waals surface area contributed by atoms with Crippen LogP contribution in [0, 0.1) is 39.9 Å². The molecule has 4 aliphatic carbocycles. The van der Waals surface area contributed by atoms with Crippen LogP contribution >= 0.6 is 0 Å². The third-order valence-corrected chi connectivity index (χ3v) is 11.0. The molecular weight excluding hydrogens is 468 g/mol. The third kappa shape index (κ3) is 4.14. The quantitative estimate of drug-likeness (QED) is 0.280. The van der Waals surface area contributed by atoms with Gasteiger partial charge in [0, 0.05) is 23.8 Å². The molecule has 6 nitrogen and oxygen atoms in total. The predicted octanol–water partition coefficient (Wildman–Crippen LogP) is 5.65. The van der Waals surface area contributed by atoms with E-state index in [1.165, 1.54) is 6.92 Å². The summed E-state index contributed by atoms with van der Waals surface area (Å²) in [4.78, 5) is 37.3. The van der Waals surface area contributed by atoms with Gasteiger partial charge in [-0.3, -0.25) is 9.59 Å². The van der Waals surface area contributed by atoms with Crippen molar-refractivity contribution in [1.29, 1.82) is 0 Å². The normalized spacial score (nSPS) is 43.8. The van der Waals surface area contributed by atoms with Crippen molar-refractivity contribution in [2.75, 3.05) is 0 Å². The lowest BCUT2D eigenvalue weighted by atomic mass is 9.37. The first-order valence-electron chi connectivity index (χ1n) is 13.9. The van der Waals surface area contributed by atoms with Gasteiger partial charge >= 0.3 is 11.9 Å². The molecule has 0 unspecified atom stereocenters. The van der Waals surface area contributed by atoms with Crippen molar-refractivity contribution < 1.29 is 29.3 Å². The number of carbonyl (C=O) groups excluding carboxylic acids is 2. The van der Waals surface area contributed by atoms with Gasteiger partial charge in [-0.05, 0) is 92.6 Å². The van der Waals surface area contributed by atoms with Gasteiger partial charge < -0.3 is 14.9 Å². The number of hydrogen-bond acceptors (Lipinski definition) is 5. The van der Waals surface area contributed by atoms with Gasteiger partial charge in [-0.15, -0.1) is 0 Å². The van der Waals surface area contributed by atoms with E-state index < -0.39 is 35.0 Å². The van der Waals surface area contributed by atoms with Crippen molar-refractivity contribution in [3.05, 3.63) is 34.9 Å². The smallest absolute Gasteiger partial charge is 0.331 e. The molecule has 0 aromatic heterocycles. The zero-order valence-electron chi connectivity index (χ0n) is 23.5. The van der Waals surface area contributed by atoms with E-state index >= 15 is 0 Å². The lowest BCUT2D eigenvalue weighted by molar-refractivity contribution is -0.217. The molecule has 0 aliphatic heterocycles. The van der Waals surface area contributed by atoms with E-state index in [9.17, 15) is 24.6 Å². The summed E-state index contributed by atoms with van der Waals surface area (Å²) in [7, 11) is 0. The zero-order valence-corrected chi connectivity index (χ0v) is 23.5. The predicted molar refractivity (Wildman–Crippen MR) is 141 cm³/mol. The SMILES string of the molecule is CC(=O)O[C@H]1C[C@@]2(C)[C@@H](CC[C@H]3[C@@]4(C)C=CC(=O)[C@@H](C)[C@@H]4C[C@@H](O)[C@@]32C)/C1=C(\CCC=C(C)C)C(=O)O. The molecule has 0 heterocycles. The first-order chi connectivity index (χ1) is 17.2. The van der Waals surface area contributed by atoms with Crippen molar-refractivity contribution in [2.24, 2.45) is 39.9 Å². The van der Waals surface area contributed by atoms with Gasteiger partial charge in [-0.25, -0.2) is 4.79 Å². The molecule has 4 aliphatic rings. The number of esters is 1. The van der Waals surface area contributed by atoms with E-state index in [0.717, 1.165) is 24.0 Å². The molecule has 9 atom stereocenters. The summed E-state index contributed by atoms with van der Waals surface area (Å²) in [5.74, 6) is -1.29. The Labute approximate surface area is 221 Å². The molecule has 0 spiro atoms. The van der Waals surface area contributed by atoms with Crippen LogP contribution in [0.2, 0.25) is 0 Å². The van der Waals surface area contributed by atoms with Crippen molar-refractivity contribution >= 4 is 17.7 Å². The summed E-state index contributed by atoms with van der Waals surface area (Å²) < 4.78 is 5.85. The molecule has 6 heteroatoms. The van der Waals surface area contributed by atoms with Crippen LogP contribution in [0.3, 0.4) is 0 Å². The molecule has 0 amide bonds. The molecule has 0 aromatic rings. The van der Waals surface area contributed by atoms with Crippen LogP contribution in [0.1, 0.15) is 87.0 Å². The molecule has 2 N–H and O–H groups in total. The number of aliphatic hydroxyl groups excluding tert-OH is 1. The average molecular weight is 513 g/mol. The van der Waals surface area contributed by atoms with E-state index in [4.69, 9.17) is 4.74 Å². The van der Waals surface area contributed by atoms with Gasteiger partial charge in [0.05, 0.1) is 6.10 Å². The second kappa shape index (κ2) is 9.52. The van der Waals surface area contributed by atoms with Crippen LogP contribution in [-0.4, -0.2) is 40.1 Å². The number of rotatable bonds is 5. The van der Waals surface area contributed by atoms with Gasteiger partial charge in [0.15, 0.2) is 5.78 Å². The zero-order chi connectivity index (χ0) is 27.5. The van der Waals surface area contributed by atoms with Crippen molar-refractivity contribution in [3.8, 4) is 0 Å². The summed E-state index contributed by atoms with van der Waals surface area (Å²) in [6.45, 7) is 13.9. The highest BCUT2D eigenvalue weighted by atomic mass is 16.5. The topological polar surface area (TPSA) is 101 Å². The van der Waals surface area contributed by atoms with Gasteiger partial charge in [-0.1, -0.05) is 45.4 Å². The van der Waals surface area contributed by atoms with Crippen molar-refractivity contribution in [3.63, 3.8) is 0 Å². The highest BCUT2D eigenvalue weighted by Gasteiger charge is 2.71. The Morgan fingerprint density at radius 2 is 1.84 bits per heavy atom. The molecule has 3 fully saturated rings. The summed E-state index contributed by atoms with van der Waals surface area (Å²) in [5.41, 5.74) is 0.999. The molecule has 0 aromatic carbocycles. The second-order valence-electron chi connectivity index (χ2n) is 13.0. The highest BCUT2D eigenvalue weighted by Crippen LogP contribution is 2.73. The fourth-order valence-corrected chi connectivity index (χ4v) is 9.06. The van der Waals surface area contributed by atoms with Crippen molar-refractivity contribution in [1.82, 2.24) is 0 Å². The molecule has 204 valence electrons. The van der Waals surface area contributed by atoms with Crippen LogP contribution < -0.4 is 0 Å². The minimum atomic E-state index is -0.954. The molecule has 0 saturated heterocycles. The lowest BCUT2D eigenvalue weighted by Crippen LogP contribution is -2.65. The van der Waals surface area contributed by atoms with E-state index in [1.807, 2.05) is 26.8 Å². The summed E-state index contributed by atoms with van der Waals surface area (Å²) in [6, 6.07) is 0. The Hall–Kier alpha value is -2.21. The number of aliphatic carboxylic acids is 1. The van der Waals surface area contributed by atoms with Crippen LogP contribution in [0.25, 0.3) is 0 Å². The number of ketones is 1. The van der Waals surface area contributed by atoms with Crippen LogP contribution in [0.15, 0.2) is 34.9 Å². The lowest BCUT2D eigenvalue weighted by Gasteiger charge is -2.67. The Balaban J connectivity index is 1.84. The van der Waals surface area contributed by atoms with Crippen LogP contribution in [-0.2, 0) is 19.1 Å². The fourth-order valence-electron chi connectivity index (χ4n) is 9.06. The molecule has 4 rings (SSSR count). The minimum absolute atomic E-state index is 0.0672. The minimum Gasteiger partial charge on any atom is -0.478 e. The van der Waals surface area contributed by atoms with Crippen LogP contribution in [0.4, 0.5) is 0 Å². The van der Waals surface area contributed by atoms with Crippen LogP contribution in [0.5, 0.6) is 0 Å². The number of aliphatic hydroxyl groups is 1. The number of carbonyl (C=O) groups is 3. The van der Waals surface area contributed by atoms with Gasteiger partial charge in [0.2, 0.25) is 0 Å². The third-order valence-electron chi connectivity index (χ3n) is 11.0.